The Labute approximate surface area is 877 Å². The number of unbranched alkanes of at least 4 members (excludes halogenated alkanes) is 15. The van der Waals surface area contributed by atoms with E-state index < -0.39 is 228 Å². The maximum atomic E-state index is 16.1. The number of allylic oxidation sites excluding steroid dienone is 1. The molecular formula is C107H161N19O22S. The van der Waals surface area contributed by atoms with Crippen molar-refractivity contribution in [2.45, 2.75) is 351 Å². The average Bonchev–Trinajstić information content (AvgIpc) is 1.77. The number of phenolic OH excluding ortho intramolecular Hbond substituents is 1. The Morgan fingerprint density at radius 3 is 1.66 bits per heavy atom. The average molecular weight is 2100 g/mol. The van der Waals surface area contributed by atoms with Crippen molar-refractivity contribution in [3.8, 4) is 5.75 Å². The molecule has 3 aliphatic heterocycles. The van der Waals surface area contributed by atoms with Crippen molar-refractivity contribution in [1.29, 1.82) is 0 Å². The van der Waals surface area contributed by atoms with Crippen molar-refractivity contribution in [3.05, 3.63) is 107 Å². The summed E-state index contributed by atoms with van der Waals surface area (Å²) in [5, 5.41) is 69.4. The molecule has 3 fully saturated rings. The Morgan fingerprint density at radius 2 is 1.03 bits per heavy atom. The molecule has 42 heteroatoms. The first-order chi connectivity index (χ1) is 71.1. The Bertz CT molecular complexity index is 5230. The number of aromatic nitrogens is 1. The number of H-pyrrole nitrogens is 1. The van der Waals surface area contributed by atoms with Crippen molar-refractivity contribution in [2.24, 2.45) is 29.0 Å². The monoisotopic (exact) mass is 2100 g/mol. The number of phenols is 1. The molecule has 16 atom stereocenters. The number of aromatic amines is 1. The molecule has 16 amide bonds. The fourth-order valence-electron chi connectivity index (χ4n) is 19.7. The molecule has 3 saturated heterocycles. The minimum atomic E-state index is -1.76. The number of aliphatic carboxylic acids is 2. The van der Waals surface area contributed by atoms with Crippen LogP contribution in [0, 0.1) is 11.8 Å². The first-order valence-corrected chi connectivity index (χ1v) is 54.2. The number of likely N-dealkylation sites (N-methyl/N-ethyl adjacent to an activating group) is 3. The Morgan fingerprint density at radius 1 is 0.503 bits per heavy atom. The number of nitrogens with zero attached hydrogens (tertiary/aromatic N) is 5. The Hall–Kier alpha value is -12.6. The number of para-hydroxylation sites is 1. The highest BCUT2D eigenvalue weighted by Gasteiger charge is 2.47. The van der Waals surface area contributed by atoms with Crippen molar-refractivity contribution in [2.75, 3.05) is 65.4 Å². The zero-order valence-electron chi connectivity index (χ0n) is 88.1. The second-order valence-corrected chi connectivity index (χ2v) is 41.8. The third-order valence-corrected chi connectivity index (χ3v) is 29.1. The summed E-state index contributed by atoms with van der Waals surface area (Å²) in [6, 6.07) is -1.18. The Kier molecular flexibility index (Phi) is 50.2. The maximum absolute atomic E-state index is 16.1. The van der Waals surface area contributed by atoms with Crippen LogP contribution in [0.1, 0.15) is 269 Å². The van der Waals surface area contributed by atoms with Gasteiger partial charge in [0, 0.05) is 108 Å². The number of hydrogen-bond acceptors (Lipinski definition) is 23. The van der Waals surface area contributed by atoms with E-state index >= 15 is 43.2 Å². The molecule has 822 valence electrons. The number of aliphatic hydroxyl groups excluding tert-OH is 1. The maximum Gasteiger partial charge on any atom is 0.304 e. The van der Waals surface area contributed by atoms with Gasteiger partial charge in [-0.3, -0.25) is 86.3 Å². The predicted molar refractivity (Wildman–Crippen MR) is 563 cm³/mol. The highest BCUT2D eigenvalue weighted by atomic mass is 32.2. The second kappa shape index (κ2) is 61.5. The molecule has 4 aliphatic rings. The molecule has 8 rings (SSSR count). The molecule has 1 unspecified atom stereocenters. The molecule has 0 spiro atoms. The number of amides is 16. The van der Waals surface area contributed by atoms with E-state index in [2.05, 4.69) is 58.2 Å². The summed E-state index contributed by atoms with van der Waals surface area (Å²) in [6.45, 7) is 11.0. The van der Waals surface area contributed by atoms with E-state index in [-0.39, 0.29) is 126 Å². The lowest BCUT2D eigenvalue weighted by atomic mass is 9.96. The molecule has 0 bridgehead atoms. The molecule has 0 saturated carbocycles. The van der Waals surface area contributed by atoms with Crippen LogP contribution in [0.25, 0.3) is 16.5 Å². The number of aromatic hydroxyl groups is 1. The number of carboxylic acids is 2. The molecule has 41 nitrogen and oxygen atoms in total. The number of primary amides is 1. The lowest BCUT2D eigenvalue weighted by Gasteiger charge is -2.36. The smallest absolute Gasteiger partial charge is 0.304 e. The number of carbonyl (C=O) groups is 18. The van der Waals surface area contributed by atoms with Crippen LogP contribution in [-0.4, -0.2) is 312 Å². The third kappa shape index (κ3) is 37.5. The molecule has 4 aromatic rings. The van der Waals surface area contributed by atoms with Gasteiger partial charge >= 0.3 is 11.9 Å². The third-order valence-electron chi connectivity index (χ3n) is 28.1. The number of nitrogens with one attached hydrogen (secondary N) is 11. The first-order valence-electron chi connectivity index (χ1n) is 53.0. The van der Waals surface area contributed by atoms with Crippen molar-refractivity contribution in [1.82, 2.24) is 82.7 Å². The quantitative estimate of drug-likeness (QED) is 0.0261. The van der Waals surface area contributed by atoms with Crippen LogP contribution in [0.15, 0.2) is 85.1 Å². The number of fused-ring (bicyclic) bond motifs is 4. The SMILES string of the molecule is CCCC[C@H]1C(=O)N(C)[C@@H](CCCC)C(=O)N[C@@H](CC(C)C)C(=O)N[C@H](C(=O)NCCCCCCCCCCCCCCCCC(=O)O)CSCC(=O)N[C@@H](Cc2ccc(O)cc2)C(=O)N(C)[C@@H](C)C(=O)N[C@@H](CC(N)=O)C(=O)N2CCC[C@H]2C(=O)N[C@@H](CN)C(=O)N[C@@H](CC(C)C)C(=O)N2C[C@H](O)C[C@H]2C(=O)N[C@@H](Cc2c[nH]c3ccccc23)C(=O)N[C@@H](CCN)C(=O)N[C@@H](CC2=CC(CC(=O)O)c3ccccc32)C(=O)N1C. The number of thioether (sulfide) groups is 1. The van der Waals surface area contributed by atoms with E-state index in [1.807, 2.05) is 27.7 Å². The van der Waals surface area contributed by atoms with Crippen LogP contribution in [-0.2, 0) is 99.1 Å². The van der Waals surface area contributed by atoms with Gasteiger partial charge in [0.15, 0.2) is 0 Å². The van der Waals surface area contributed by atoms with Gasteiger partial charge in [0.05, 0.1) is 24.7 Å². The van der Waals surface area contributed by atoms with E-state index in [1.165, 1.54) is 62.1 Å². The van der Waals surface area contributed by atoms with E-state index in [0.29, 0.717) is 77.3 Å². The van der Waals surface area contributed by atoms with Crippen molar-refractivity contribution in [3.63, 3.8) is 0 Å². The van der Waals surface area contributed by atoms with Crippen molar-refractivity contribution >= 4 is 135 Å². The lowest BCUT2D eigenvalue weighted by molar-refractivity contribution is -0.149. The molecule has 1 aromatic heterocycles. The molecule has 4 heterocycles. The minimum Gasteiger partial charge on any atom is -0.508 e. The summed E-state index contributed by atoms with van der Waals surface area (Å²) in [7, 11) is 4.05. The lowest BCUT2D eigenvalue weighted by Crippen LogP contribution is -2.61. The number of benzene rings is 3. The molecule has 1 aliphatic carbocycles. The second-order valence-electron chi connectivity index (χ2n) is 40.8. The van der Waals surface area contributed by atoms with Gasteiger partial charge < -0.3 is 120 Å². The number of nitrogens with two attached hydrogens (primary N) is 3. The molecule has 3 aromatic carbocycles. The number of carbonyl (C=O) groups excluding carboxylic acids is 16. The van der Waals surface area contributed by atoms with Gasteiger partial charge in [0.25, 0.3) is 0 Å². The zero-order valence-corrected chi connectivity index (χ0v) is 88.9. The number of hydrogen-bond donors (Lipinski definition) is 18. The fourth-order valence-corrected chi connectivity index (χ4v) is 20.5. The van der Waals surface area contributed by atoms with Gasteiger partial charge in [0.2, 0.25) is 94.5 Å². The van der Waals surface area contributed by atoms with Gasteiger partial charge in [0.1, 0.15) is 90.3 Å². The normalized spacial score (nSPS) is 24.4. The summed E-state index contributed by atoms with van der Waals surface area (Å²) in [5.74, 6) is -18.0. The van der Waals surface area contributed by atoms with Crippen molar-refractivity contribution < 1.29 is 107 Å². The van der Waals surface area contributed by atoms with E-state index in [0.717, 1.165) is 104 Å². The highest BCUT2D eigenvalue weighted by Crippen LogP contribution is 2.41. The summed E-state index contributed by atoms with van der Waals surface area (Å²) >= 11 is 0.916. The van der Waals surface area contributed by atoms with Gasteiger partial charge in [-0.1, -0.05) is 205 Å². The van der Waals surface area contributed by atoms with Crippen LogP contribution in [0.3, 0.4) is 0 Å². The first kappa shape index (κ1) is 122. The van der Waals surface area contributed by atoms with Gasteiger partial charge in [-0.2, -0.15) is 0 Å². The minimum absolute atomic E-state index is 0.000340. The molecule has 21 N–H and O–H groups in total. The van der Waals surface area contributed by atoms with E-state index in [9.17, 15) is 58.5 Å². The fraction of sp³-hybridized carbons (Fsp3) is 0.626. The van der Waals surface area contributed by atoms with Gasteiger partial charge in [-0.25, -0.2) is 0 Å². The van der Waals surface area contributed by atoms with Gasteiger partial charge in [-0.05, 0) is 129 Å². The van der Waals surface area contributed by atoms with Gasteiger partial charge in [-0.15, -0.1) is 11.8 Å². The summed E-state index contributed by atoms with van der Waals surface area (Å²) in [5.41, 5.74) is 21.5. The van der Waals surface area contributed by atoms with E-state index in [1.54, 1.807) is 74.7 Å². The van der Waals surface area contributed by atoms with Crippen LogP contribution in [0.5, 0.6) is 5.75 Å². The topological polar surface area (TPSA) is 619 Å². The summed E-state index contributed by atoms with van der Waals surface area (Å²) in [6.07, 6.45) is 14.8. The standard InChI is InChI=1S/C107H161N19O22S/c1-11-13-38-86-100(141)115-78(50-64(3)4)97(138)121-85(95(136)111-48-32-26-24-22-20-18-16-15-17-19-21-23-25-27-41-92(131)132)62-149-63-91(130)113-81(52-67-42-44-71(127)45-43-67)103(144)122(8)66(7)94(135)117-83(58-90(110)129)105(146)125-49-33-40-87(125)101(142)120-84(59-109)99(140)118-80(51-65(5)6)106(147)126-61-72(128)57-89(126)102(143)116-79(55-70-60-112-76-37-31-30-36-75(70)76)98(139)114-77(46-47-108)96(137)119-82(104(145)124(10)88(39-14-12-2)107(148)123(86)9)54-68-53-69(56-93(133)134)74-35-29-28-34-73(68)74/h28-31,34-37,42-45,53,60,64-66,69,72,77-89,112,127-128H,11-27,32-33,38-41,46-52,54-59,61-63,108-109H2,1-10H3,(H2,110,129)(H,111,136)(H,113,130)(H,114,139)(H,115,141)(H,116,143)(H,117,135)(H,118,140)(H,119,137)(H,120,142)(H,121,138)(H,131,132)(H,133,134)/t66-,69?,72+,77-,78-,79-,80-,81-,82-,83-,84-,85-,86-,87-,88-,89-/m0/s1. The molecule has 0 radical (unpaired) electrons. The summed E-state index contributed by atoms with van der Waals surface area (Å²) in [4.78, 5) is 273. The number of rotatable bonds is 41. The van der Waals surface area contributed by atoms with Crippen LogP contribution >= 0.6 is 11.8 Å². The Balaban J connectivity index is 1.17. The zero-order chi connectivity index (χ0) is 109. The predicted octanol–water partition coefficient (Wildman–Crippen LogP) is 4.98. The largest absolute Gasteiger partial charge is 0.508 e. The highest BCUT2D eigenvalue weighted by molar-refractivity contribution is 8.00. The molecule has 149 heavy (non-hydrogen) atoms. The van der Waals surface area contributed by atoms with Crippen LogP contribution in [0.2, 0.25) is 0 Å². The molecular weight excluding hydrogens is 1940 g/mol. The van der Waals surface area contributed by atoms with Crippen LogP contribution < -0.4 is 70.4 Å². The van der Waals surface area contributed by atoms with E-state index in [4.69, 9.17) is 22.3 Å². The number of aliphatic hydroxyl groups is 1. The number of carboxylic acid groups (broad SMARTS) is 2. The van der Waals surface area contributed by atoms with Crippen LogP contribution in [0.4, 0.5) is 0 Å². The summed E-state index contributed by atoms with van der Waals surface area (Å²) < 4.78 is 0.